The van der Waals surface area contributed by atoms with Crippen molar-refractivity contribution in [2.24, 2.45) is 17.4 Å². The van der Waals surface area contributed by atoms with Crippen LogP contribution in [0.25, 0.3) is 5.69 Å². The Morgan fingerprint density at radius 3 is 2.76 bits per heavy atom. The van der Waals surface area contributed by atoms with Gasteiger partial charge in [-0.1, -0.05) is 18.9 Å². The number of aromatic nitrogens is 5. The average molecular weight is 393 g/mol. The fourth-order valence-corrected chi connectivity index (χ4v) is 3.07. The molecule has 0 aliphatic heterocycles. The van der Waals surface area contributed by atoms with Gasteiger partial charge in [0.25, 0.3) is 5.91 Å². The summed E-state index contributed by atoms with van der Waals surface area (Å²) in [6.07, 6.45) is 8.09. The fraction of sp³-hybridized carbons (Fsp3) is 0.316. The third kappa shape index (κ3) is 4.66. The van der Waals surface area contributed by atoms with Gasteiger partial charge >= 0.3 is 0 Å². The van der Waals surface area contributed by atoms with Crippen molar-refractivity contribution in [2.75, 3.05) is 17.2 Å². The van der Waals surface area contributed by atoms with Crippen molar-refractivity contribution < 1.29 is 4.79 Å². The highest BCUT2D eigenvalue weighted by atomic mass is 16.1. The maximum atomic E-state index is 11.8. The van der Waals surface area contributed by atoms with E-state index in [0.29, 0.717) is 24.0 Å². The number of nitrogens with two attached hydrogens (primary N) is 2. The van der Waals surface area contributed by atoms with Crippen LogP contribution in [-0.4, -0.2) is 43.5 Å². The first-order valence-corrected chi connectivity index (χ1v) is 9.49. The Bertz CT molecular complexity index is 985. The molecule has 1 atom stereocenters. The number of nitrogens with one attached hydrogen (secondary N) is 2. The lowest BCUT2D eigenvalue weighted by Crippen LogP contribution is -2.30. The number of rotatable bonds is 9. The molecule has 150 valence electrons. The van der Waals surface area contributed by atoms with Gasteiger partial charge in [0.05, 0.1) is 18.1 Å². The van der Waals surface area contributed by atoms with Crippen LogP contribution in [-0.2, 0) is 0 Å². The minimum absolute atomic E-state index is 0.0870. The van der Waals surface area contributed by atoms with Crippen molar-refractivity contribution in [3.63, 3.8) is 0 Å². The van der Waals surface area contributed by atoms with Crippen LogP contribution in [0.1, 0.15) is 29.6 Å². The molecule has 3 aromatic rings. The Balaban J connectivity index is 1.58. The average Bonchev–Trinajstić information content (AvgIpc) is 3.36. The maximum absolute atomic E-state index is 11.8. The van der Waals surface area contributed by atoms with Crippen LogP contribution >= 0.6 is 0 Å². The normalized spacial score (nSPS) is 14.4. The monoisotopic (exact) mass is 393 g/mol. The summed E-state index contributed by atoms with van der Waals surface area (Å²) >= 11 is 0. The zero-order valence-electron chi connectivity index (χ0n) is 15.8. The molecular formula is C19H23N9O. The van der Waals surface area contributed by atoms with Gasteiger partial charge in [-0.05, 0) is 30.5 Å². The molecule has 10 nitrogen and oxygen atoms in total. The van der Waals surface area contributed by atoms with E-state index in [0.717, 1.165) is 18.0 Å². The predicted molar refractivity (Wildman–Crippen MR) is 109 cm³/mol. The molecule has 6 N–H and O–H groups in total. The zero-order chi connectivity index (χ0) is 20.2. The van der Waals surface area contributed by atoms with E-state index in [2.05, 4.69) is 30.8 Å². The van der Waals surface area contributed by atoms with Crippen molar-refractivity contribution in [3.05, 3.63) is 48.4 Å². The van der Waals surface area contributed by atoms with E-state index in [1.807, 2.05) is 24.3 Å². The van der Waals surface area contributed by atoms with Crippen molar-refractivity contribution in [1.29, 1.82) is 0 Å². The second-order valence-corrected chi connectivity index (χ2v) is 7.07. The first-order valence-electron chi connectivity index (χ1n) is 9.49. The van der Waals surface area contributed by atoms with Crippen LogP contribution in [0.15, 0.2) is 42.9 Å². The van der Waals surface area contributed by atoms with Crippen molar-refractivity contribution in [1.82, 2.24) is 25.0 Å². The van der Waals surface area contributed by atoms with E-state index in [1.165, 1.54) is 23.8 Å². The van der Waals surface area contributed by atoms with Crippen LogP contribution in [0.4, 0.5) is 17.5 Å². The summed E-state index contributed by atoms with van der Waals surface area (Å²) in [5, 5.41) is 14.7. The molecule has 1 unspecified atom stereocenters. The van der Waals surface area contributed by atoms with Crippen molar-refractivity contribution in [3.8, 4) is 5.69 Å². The Morgan fingerprint density at radius 1 is 1.28 bits per heavy atom. The Hall–Kier alpha value is -3.53. The third-order valence-corrected chi connectivity index (χ3v) is 4.75. The Morgan fingerprint density at radius 2 is 2.07 bits per heavy atom. The molecule has 0 spiro atoms. The lowest BCUT2D eigenvalue weighted by Gasteiger charge is -2.17. The molecular weight excluding hydrogens is 370 g/mol. The number of amides is 1. The van der Waals surface area contributed by atoms with Gasteiger partial charge in [-0.2, -0.15) is 20.0 Å². The van der Waals surface area contributed by atoms with Crippen LogP contribution in [0, 0.1) is 5.92 Å². The second-order valence-electron chi connectivity index (χ2n) is 7.07. The van der Waals surface area contributed by atoms with E-state index in [9.17, 15) is 4.79 Å². The van der Waals surface area contributed by atoms with Gasteiger partial charge < -0.3 is 22.1 Å². The standard InChI is InChI=1S/C19H23N9O/c20-10-14(8-12-4-5-12)26-19-22-11-16(17(21)29)18(27-19)25-13-2-1-3-15(9-13)28-23-6-7-24-28/h1-3,6-7,9,11-12,14H,4-5,8,10,20H2,(H2,21,29)(H2,22,25,26,27). The highest BCUT2D eigenvalue weighted by Gasteiger charge is 2.25. The number of benzene rings is 1. The molecule has 1 aliphatic carbocycles. The number of hydrogen-bond donors (Lipinski definition) is 4. The number of hydrogen-bond acceptors (Lipinski definition) is 8. The van der Waals surface area contributed by atoms with Crippen LogP contribution in [0.5, 0.6) is 0 Å². The Kier molecular flexibility index (Phi) is 5.34. The largest absolute Gasteiger partial charge is 0.365 e. The summed E-state index contributed by atoms with van der Waals surface area (Å²) in [6, 6.07) is 7.50. The molecule has 0 radical (unpaired) electrons. The molecule has 29 heavy (non-hydrogen) atoms. The van der Waals surface area contributed by atoms with E-state index in [1.54, 1.807) is 12.4 Å². The zero-order valence-corrected chi connectivity index (χ0v) is 15.8. The summed E-state index contributed by atoms with van der Waals surface area (Å²) in [5.41, 5.74) is 13.1. The third-order valence-electron chi connectivity index (χ3n) is 4.75. The topological polar surface area (TPSA) is 150 Å². The smallest absolute Gasteiger partial charge is 0.254 e. The summed E-state index contributed by atoms with van der Waals surface area (Å²) < 4.78 is 0. The van der Waals surface area contributed by atoms with E-state index in [4.69, 9.17) is 11.5 Å². The van der Waals surface area contributed by atoms with Gasteiger partial charge in [-0.3, -0.25) is 4.79 Å². The molecule has 1 aromatic carbocycles. The van der Waals surface area contributed by atoms with Crippen LogP contribution in [0.3, 0.4) is 0 Å². The molecule has 1 saturated carbocycles. The molecule has 1 amide bonds. The quantitative estimate of drug-likeness (QED) is 0.426. The highest BCUT2D eigenvalue weighted by molar-refractivity contribution is 5.98. The predicted octanol–water partition coefficient (Wildman–Crippen LogP) is 1.44. The number of nitrogens with zero attached hydrogens (tertiary/aromatic N) is 5. The van der Waals surface area contributed by atoms with Gasteiger partial charge in [0.1, 0.15) is 11.4 Å². The minimum Gasteiger partial charge on any atom is -0.365 e. The van der Waals surface area contributed by atoms with Crippen molar-refractivity contribution >= 4 is 23.4 Å². The molecule has 0 saturated heterocycles. The molecule has 4 rings (SSSR count). The van der Waals surface area contributed by atoms with Gasteiger partial charge in [0.2, 0.25) is 5.95 Å². The lowest BCUT2D eigenvalue weighted by molar-refractivity contribution is 0.100. The fourth-order valence-electron chi connectivity index (χ4n) is 3.07. The summed E-state index contributed by atoms with van der Waals surface area (Å²) in [4.78, 5) is 22.0. The second kappa shape index (κ2) is 8.23. The van der Waals surface area contributed by atoms with Gasteiger partial charge in [-0.15, -0.1) is 0 Å². The first kappa shape index (κ1) is 18.8. The highest BCUT2D eigenvalue weighted by Crippen LogP contribution is 2.34. The number of carbonyl (C=O) groups is 1. The van der Waals surface area contributed by atoms with Gasteiger partial charge in [0, 0.05) is 24.5 Å². The van der Waals surface area contributed by atoms with Crippen LogP contribution in [0.2, 0.25) is 0 Å². The Labute approximate surface area is 167 Å². The van der Waals surface area contributed by atoms with E-state index >= 15 is 0 Å². The molecule has 1 fully saturated rings. The van der Waals surface area contributed by atoms with Gasteiger partial charge in [0.15, 0.2) is 0 Å². The number of primary amides is 1. The summed E-state index contributed by atoms with van der Waals surface area (Å²) in [7, 11) is 0. The van der Waals surface area contributed by atoms with Crippen LogP contribution < -0.4 is 22.1 Å². The summed E-state index contributed by atoms with van der Waals surface area (Å²) in [6.45, 7) is 0.485. The number of carbonyl (C=O) groups excluding carboxylic acids is 1. The van der Waals surface area contributed by atoms with Crippen molar-refractivity contribution in [2.45, 2.75) is 25.3 Å². The van der Waals surface area contributed by atoms with E-state index < -0.39 is 5.91 Å². The van der Waals surface area contributed by atoms with E-state index in [-0.39, 0.29) is 11.6 Å². The minimum atomic E-state index is -0.614. The first-order chi connectivity index (χ1) is 14.1. The molecule has 1 aliphatic rings. The molecule has 10 heteroatoms. The maximum Gasteiger partial charge on any atom is 0.254 e. The lowest BCUT2D eigenvalue weighted by atomic mass is 10.1. The van der Waals surface area contributed by atoms with Gasteiger partial charge in [-0.25, -0.2) is 4.98 Å². The molecule has 2 heterocycles. The molecule has 0 bridgehead atoms. The SMILES string of the molecule is NCC(CC1CC1)Nc1ncc(C(N)=O)c(Nc2cccc(-n3nccn3)c2)n1. The number of anilines is 3. The summed E-state index contributed by atoms with van der Waals surface area (Å²) in [5.74, 6) is 0.829. The molecule has 2 aromatic heterocycles.